The largest absolute Gasteiger partial charge is 1.00 e. The molecule has 0 aromatic heterocycles. The molecule has 0 aliphatic carbocycles. The molecule has 0 heterocycles. The van der Waals surface area contributed by atoms with Crippen LogP contribution in [0.2, 0.25) is 0 Å². The Kier molecular flexibility index (Phi) is 17.3. The van der Waals surface area contributed by atoms with Gasteiger partial charge < -0.3 is 1.43 Å². The van der Waals surface area contributed by atoms with Crippen LogP contribution in [0.15, 0.2) is 17.1 Å². The van der Waals surface area contributed by atoms with Gasteiger partial charge in [-0.3, -0.25) is 4.99 Å². The first-order chi connectivity index (χ1) is 5.91. The number of hydrogen-bond donors (Lipinski definition) is 0. The summed E-state index contributed by atoms with van der Waals surface area (Å²) in [6.07, 6.45) is 12.5. The molecule has 0 aromatic rings. The monoisotopic (exact) mass is 175 g/mol. The van der Waals surface area contributed by atoms with Crippen LogP contribution in [0.1, 0.15) is 47.4 Å². The van der Waals surface area contributed by atoms with Crippen molar-refractivity contribution in [2.24, 2.45) is 4.99 Å². The molecule has 0 aromatic carbocycles. The molecule has 0 aliphatic rings. The van der Waals surface area contributed by atoms with E-state index in [1.165, 1.54) is 32.1 Å². The van der Waals surface area contributed by atoms with Crippen LogP contribution in [0.3, 0.4) is 0 Å². The zero-order valence-electron chi connectivity index (χ0n) is 10.4. The Bertz CT molecular complexity index is 135. The smallest absolute Gasteiger partial charge is 1.00 e. The second kappa shape index (κ2) is 14.5. The van der Waals surface area contributed by atoms with Gasteiger partial charge in [0.1, 0.15) is 0 Å². The van der Waals surface area contributed by atoms with Crippen LogP contribution >= 0.6 is 0 Å². The van der Waals surface area contributed by atoms with Crippen molar-refractivity contribution >= 4 is 6.21 Å². The predicted molar refractivity (Wildman–Crippen MR) is 58.0 cm³/mol. The van der Waals surface area contributed by atoms with Crippen LogP contribution in [0.4, 0.5) is 0 Å². The molecule has 0 unspecified atom stereocenters. The van der Waals surface area contributed by atoms with Crippen molar-refractivity contribution in [1.82, 2.24) is 0 Å². The zero-order valence-corrected chi connectivity index (χ0v) is 9.42. The molecule has 0 N–H and O–H groups in total. The maximum atomic E-state index is 4.25. The Balaban J connectivity index is -0.000000605. The number of rotatable bonds is 7. The first-order valence-corrected chi connectivity index (χ1v) is 5.03. The Morgan fingerprint density at radius 1 is 1.15 bits per heavy atom. The quantitative estimate of drug-likeness (QED) is 0.307. The van der Waals surface area contributed by atoms with Gasteiger partial charge >= 0.3 is 18.9 Å². The van der Waals surface area contributed by atoms with E-state index in [4.69, 9.17) is 0 Å². The summed E-state index contributed by atoms with van der Waals surface area (Å²) in [6, 6.07) is 0. The summed E-state index contributed by atoms with van der Waals surface area (Å²) in [7, 11) is 0. The molecule has 0 atom stereocenters. The first-order valence-electron chi connectivity index (χ1n) is 5.03. The van der Waals surface area contributed by atoms with E-state index in [0.29, 0.717) is 0 Å². The fourth-order valence-corrected chi connectivity index (χ4v) is 1.03. The van der Waals surface area contributed by atoms with Gasteiger partial charge in [0.25, 0.3) is 0 Å². The number of allylic oxidation sites excluding steroid dienone is 2. The van der Waals surface area contributed by atoms with E-state index in [2.05, 4.69) is 11.9 Å². The van der Waals surface area contributed by atoms with Crippen molar-refractivity contribution in [1.29, 1.82) is 0 Å². The Morgan fingerprint density at radius 2 is 1.85 bits per heavy atom. The van der Waals surface area contributed by atoms with Crippen molar-refractivity contribution < 1.29 is 20.3 Å². The molecule has 0 bridgehead atoms. The van der Waals surface area contributed by atoms with Gasteiger partial charge in [0, 0.05) is 12.8 Å². The number of nitrogens with zero attached hydrogens (tertiary/aromatic N) is 1. The van der Waals surface area contributed by atoms with Crippen molar-refractivity contribution in [2.75, 3.05) is 6.54 Å². The van der Waals surface area contributed by atoms with Crippen LogP contribution in [0.25, 0.3) is 0 Å². The average Bonchev–Trinajstić information content (AvgIpc) is 2.10. The summed E-state index contributed by atoms with van der Waals surface area (Å²) in [5, 5.41) is 0. The van der Waals surface area contributed by atoms with Gasteiger partial charge in [-0.05, 0) is 19.4 Å². The second-order valence-corrected chi connectivity index (χ2v) is 3.00. The molecule has 0 saturated heterocycles. The minimum Gasteiger partial charge on any atom is -1.00 e. The third kappa shape index (κ3) is 14.8. The van der Waals surface area contributed by atoms with Crippen LogP contribution in [-0.2, 0) is 0 Å². The topological polar surface area (TPSA) is 12.4 Å². The summed E-state index contributed by atoms with van der Waals surface area (Å²) in [4.78, 5) is 4.25. The average molecular weight is 175 g/mol. The second-order valence-electron chi connectivity index (χ2n) is 3.00. The van der Waals surface area contributed by atoms with Gasteiger partial charge in [-0.1, -0.05) is 38.7 Å². The molecular formula is C11H22LiN. The van der Waals surface area contributed by atoms with Gasteiger partial charge in [-0.15, -0.1) is 0 Å². The maximum Gasteiger partial charge on any atom is 1.00 e. The number of aliphatic imine (C=N–C) groups is 1. The SMILES string of the molecule is CC=CC=NCCCCCCC.[H-].[Li+]. The van der Waals surface area contributed by atoms with Crippen LogP contribution in [-0.4, -0.2) is 12.8 Å². The Hall–Kier alpha value is 0.00740. The molecule has 13 heavy (non-hydrogen) atoms. The molecule has 0 aliphatic heterocycles. The van der Waals surface area contributed by atoms with Crippen molar-refractivity contribution in [2.45, 2.75) is 46.0 Å². The standard InChI is InChI=1S/C11H21N.Li.H/c1-3-5-7-8-9-11-12-10-6-4-2;;/h4,6,10H,3,5,7-9,11H2,1-2H3;;/q;+1;-1. The van der Waals surface area contributed by atoms with E-state index < -0.39 is 0 Å². The zero-order chi connectivity index (χ0) is 9.07. The third-order valence-corrected chi connectivity index (χ3v) is 1.77. The van der Waals surface area contributed by atoms with Crippen molar-refractivity contribution in [3.63, 3.8) is 0 Å². The fraction of sp³-hybridized carbons (Fsp3) is 0.727. The summed E-state index contributed by atoms with van der Waals surface area (Å²) in [5.74, 6) is 0. The summed E-state index contributed by atoms with van der Waals surface area (Å²) in [5.41, 5.74) is 0. The van der Waals surface area contributed by atoms with E-state index in [-0.39, 0.29) is 20.3 Å². The van der Waals surface area contributed by atoms with Gasteiger partial charge in [0.15, 0.2) is 0 Å². The summed E-state index contributed by atoms with van der Waals surface area (Å²) < 4.78 is 0. The van der Waals surface area contributed by atoms with E-state index in [1.807, 2.05) is 25.3 Å². The maximum absolute atomic E-state index is 4.25. The molecule has 0 fully saturated rings. The number of unbranched alkanes of at least 4 members (excludes halogenated alkanes) is 4. The Morgan fingerprint density at radius 3 is 2.46 bits per heavy atom. The van der Waals surface area contributed by atoms with Crippen LogP contribution in [0, 0.1) is 0 Å². The first kappa shape index (κ1) is 15.5. The fourth-order valence-electron chi connectivity index (χ4n) is 1.03. The normalized spacial score (nSPS) is 10.9. The molecular weight excluding hydrogens is 153 g/mol. The molecule has 2 heteroatoms. The predicted octanol–water partition coefficient (Wildman–Crippen LogP) is 0.720. The molecule has 72 valence electrons. The number of hydrogen-bond acceptors (Lipinski definition) is 1. The van der Waals surface area contributed by atoms with E-state index in [9.17, 15) is 0 Å². The van der Waals surface area contributed by atoms with Gasteiger partial charge in [0.2, 0.25) is 0 Å². The molecule has 0 rings (SSSR count). The van der Waals surface area contributed by atoms with Crippen LogP contribution < -0.4 is 18.9 Å². The minimum atomic E-state index is 0. The third-order valence-electron chi connectivity index (χ3n) is 1.77. The summed E-state index contributed by atoms with van der Waals surface area (Å²) >= 11 is 0. The van der Waals surface area contributed by atoms with E-state index >= 15 is 0 Å². The molecule has 0 spiro atoms. The van der Waals surface area contributed by atoms with E-state index in [1.54, 1.807) is 0 Å². The van der Waals surface area contributed by atoms with Crippen LogP contribution in [0.5, 0.6) is 0 Å². The van der Waals surface area contributed by atoms with Crippen molar-refractivity contribution in [3.05, 3.63) is 12.2 Å². The molecule has 1 nitrogen and oxygen atoms in total. The van der Waals surface area contributed by atoms with E-state index in [0.717, 1.165) is 6.54 Å². The van der Waals surface area contributed by atoms with Gasteiger partial charge in [-0.2, -0.15) is 0 Å². The molecule has 0 amide bonds. The van der Waals surface area contributed by atoms with Crippen molar-refractivity contribution in [3.8, 4) is 0 Å². The molecule has 0 radical (unpaired) electrons. The summed E-state index contributed by atoms with van der Waals surface area (Å²) in [6.45, 7) is 5.24. The van der Waals surface area contributed by atoms with Gasteiger partial charge in [0.05, 0.1) is 0 Å². The molecule has 0 saturated carbocycles. The Labute approximate surface area is 96.4 Å². The van der Waals surface area contributed by atoms with Gasteiger partial charge in [-0.25, -0.2) is 0 Å². The minimum absolute atomic E-state index is 0.